The number of pyridine rings is 1. The van der Waals surface area contributed by atoms with Gasteiger partial charge in [0.2, 0.25) is 5.88 Å². The number of halogens is 2. The van der Waals surface area contributed by atoms with Gasteiger partial charge in [0, 0.05) is 11.6 Å². The first-order valence-corrected chi connectivity index (χ1v) is 7.79. The molecule has 1 aromatic carbocycles. The smallest absolute Gasteiger partial charge is 0.213 e. The molecular formula is C18H17F2N3O. The molecule has 1 aliphatic heterocycles. The zero-order valence-electron chi connectivity index (χ0n) is 13.1. The third-order valence-electron chi connectivity index (χ3n) is 4.14. The lowest BCUT2D eigenvalue weighted by Crippen LogP contribution is -2.37. The van der Waals surface area contributed by atoms with E-state index in [1.54, 1.807) is 18.2 Å². The Hall–Kier alpha value is -2.52. The standard InChI is InChI=1S/C18H17F2N3O/c19-15-10-13(11-21)4-5-14(15)12-24-17-3-1-2-16(23-17)18(20)6-8-22-9-7-18/h1-5,10,22H,6-9,12H2. The van der Waals surface area contributed by atoms with E-state index in [1.165, 1.54) is 12.1 Å². The Morgan fingerprint density at radius 3 is 2.75 bits per heavy atom. The van der Waals surface area contributed by atoms with Crippen molar-refractivity contribution in [3.8, 4) is 11.9 Å². The van der Waals surface area contributed by atoms with Gasteiger partial charge >= 0.3 is 0 Å². The van der Waals surface area contributed by atoms with Crippen molar-refractivity contribution in [3.63, 3.8) is 0 Å². The minimum atomic E-state index is -1.45. The number of nitrogens with one attached hydrogen (secondary N) is 1. The Labute approximate surface area is 139 Å². The van der Waals surface area contributed by atoms with Crippen LogP contribution in [0.3, 0.4) is 0 Å². The van der Waals surface area contributed by atoms with Crippen LogP contribution in [-0.4, -0.2) is 18.1 Å². The van der Waals surface area contributed by atoms with E-state index in [0.29, 0.717) is 37.2 Å². The molecule has 0 bridgehead atoms. The van der Waals surface area contributed by atoms with Crippen LogP contribution in [0.5, 0.6) is 5.88 Å². The maximum absolute atomic E-state index is 14.9. The van der Waals surface area contributed by atoms with Gasteiger partial charge in [0.15, 0.2) is 5.67 Å². The number of aromatic nitrogens is 1. The number of ether oxygens (including phenoxy) is 1. The van der Waals surface area contributed by atoms with Crippen molar-refractivity contribution in [3.05, 3.63) is 59.0 Å². The van der Waals surface area contributed by atoms with E-state index >= 15 is 0 Å². The van der Waals surface area contributed by atoms with Gasteiger partial charge in [0.1, 0.15) is 12.4 Å². The largest absolute Gasteiger partial charge is 0.473 e. The highest BCUT2D eigenvalue weighted by Crippen LogP contribution is 2.34. The molecule has 2 aromatic rings. The second-order valence-corrected chi connectivity index (χ2v) is 5.78. The van der Waals surface area contributed by atoms with Crippen LogP contribution >= 0.6 is 0 Å². The Morgan fingerprint density at radius 1 is 1.25 bits per heavy atom. The zero-order valence-corrected chi connectivity index (χ0v) is 13.1. The minimum absolute atomic E-state index is 0.0329. The minimum Gasteiger partial charge on any atom is -0.473 e. The maximum atomic E-state index is 14.9. The van der Waals surface area contributed by atoms with Gasteiger partial charge < -0.3 is 10.1 Å². The molecular weight excluding hydrogens is 312 g/mol. The van der Waals surface area contributed by atoms with Gasteiger partial charge in [-0.05, 0) is 44.1 Å². The molecule has 0 unspecified atom stereocenters. The van der Waals surface area contributed by atoms with Crippen LogP contribution in [0.4, 0.5) is 8.78 Å². The summed E-state index contributed by atoms with van der Waals surface area (Å²) in [6, 6.07) is 11.0. The van der Waals surface area contributed by atoms with Gasteiger partial charge in [-0.2, -0.15) is 5.26 Å². The highest BCUT2D eigenvalue weighted by molar-refractivity contribution is 5.33. The van der Waals surface area contributed by atoms with E-state index in [9.17, 15) is 8.78 Å². The monoisotopic (exact) mass is 329 g/mol. The topological polar surface area (TPSA) is 57.9 Å². The van der Waals surface area contributed by atoms with Crippen LogP contribution in [0.15, 0.2) is 36.4 Å². The van der Waals surface area contributed by atoms with Crippen LogP contribution < -0.4 is 10.1 Å². The number of rotatable bonds is 4. The predicted molar refractivity (Wildman–Crippen MR) is 84.6 cm³/mol. The molecule has 6 heteroatoms. The normalized spacial score (nSPS) is 16.4. The summed E-state index contributed by atoms with van der Waals surface area (Å²) in [6.07, 6.45) is 0.738. The molecule has 1 saturated heterocycles. The van der Waals surface area contributed by atoms with Crippen LogP contribution in [-0.2, 0) is 12.3 Å². The van der Waals surface area contributed by atoms with Crippen LogP contribution in [0.2, 0.25) is 0 Å². The Balaban J connectivity index is 1.72. The molecule has 0 aliphatic carbocycles. The lowest BCUT2D eigenvalue weighted by atomic mass is 9.90. The molecule has 0 radical (unpaired) electrons. The first-order chi connectivity index (χ1) is 11.6. The summed E-state index contributed by atoms with van der Waals surface area (Å²) in [7, 11) is 0. The summed E-state index contributed by atoms with van der Waals surface area (Å²) in [4.78, 5) is 4.25. The van der Waals surface area contributed by atoms with Crippen LogP contribution in [0.1, 0.15) is 29.7 Å². The molecule has 0 spiro atoms. The molecule has 0 saturated carbocycles. The highest BCUT2D eigenvalue weighted by atomic mass is 19.1. The molecule has 24 heavy (non-hydrogen) atoms. The summed E-state index contributed by atoms with van der Waals surface area (Å²) in [5.74, 6) is -0.252. The number of alkyl halides is 1. The quantitative estimate of drug-likeness (QED) is 0.936. The first-order valence-electron chi connectivity index (χ1n) is 7.79. The molecule has 1 aromatic heterocycles. The van der Waals surface area contributed by atoms with Crippen molar-refractivity contribution in [2.45, 2.75) is 25.1 Å². The van der Waals surface area contributed by atoms with Gasteiger partial charge in [-0.15, -0.1) is 0 Å². The fourth-order valence-corrected chi connectivity index (χ4v) is 2.71. The molecule has 1 aliphatic rings. The average Bonchev–Trinajstić information content (AvgIpc) is 2.61. The van der Waals surface area contributed by atoms with E-state index in [4.69, 9.17) is 10.00 Å². The molecule has 1 N–H and O–H groups in total. The molecule has 2 heterocycles. The number of nitrogens with zero attached hydrogens (tertiary/aromatic N) is 2. The average molecular weight is 329 g/mol. The molecule has 124 valence electrons. The van der Waals surface area contributed by atoms with Gasteiger partial charge in [-0.3, -0.25) is 0 Å². The summed E-state index contributed by atoms with van der Waals surface area (Å²) in [5.41, 5.74) is -0.536. The number of benzene rings is 1. The SMILES string of the molecule is N#Cc1ccc(COc2cccc(C3(F)CCNCC3)n2)c(F)c1. The van der Waals surface area contributed by atoms with Crippen molar-refractivity contribution in [2.75, 3.05) is 13.1 Å². The van der Waals surface area contributed by atoms with E-state index in [0.717, 1.165) is 6.07 Å². The Bertz CT molecular complexity index is 767. The highest BCUT2D eigenvalue weighted by Gasteiger charge is 2.35. The lowest BCUT2D eigenvalue weighted by molar-refractivity contribution is 0.108. The second-order valence-electron chi connectivity index (χ2n) is 5.78. The van der Waals surface area contributed by atoms with E-state index in [-0.39, 0.29) is 18.1 Å². The van der Waals surface area contributed by atoms with Crippen LogP contribution in [0.25, 0.3) is 0 Å². The number of piperidine rings is 1. The maximum Gasteiger partial charge on any atom is 0.213 e. The lowest BCUT2D eigenvalue weighted by Gasteiger charge is -2.29. The van der Waals surface area contributed by atoms with Crippen LogP contribution in [0, 0.1) is 17.1 Å². The molecule has 0 atom stereocenters. The third kappa shape index (κ3) is 3.52. The number of nitriles is 1. The molecule has 0 amide bonds. The van der Waals surface area contributed by atoms with Gasteiger partial charge in [-0.1, -0.05) is 12.1 Å². The van der Waals surface area contributed by atoms with Gasteiger partial charge in [-0.25, -0.2) is 13.8 Å². The van der Waals surface area contributed by atoms with E-state index in [1.807, 2.05) is 6.07 Å². The molecule has 1 fully saturated rings. The fourth-order valence-electron chi connectivity index (χ4n) is 2.71. The van der Waals surface area contributed by atoms with Crippen molar-refractivity contribution < 1.29 is 13.5 Å². The van der Waals surface area contributed by atoms with E-state index in [2.05, 4.69) is 10.3 Å². The van der Waals surface area contributed by atoms with Gasteiger partial charge in [0.05, 0.1) is 17.3 Å². The Kier molecular flexibility index (Phi) is 4.72. The zero-order chi connectivity index (χ0) is 17.0. The van der Waals surface area contributed by atoms with E-state index < -0.39 is 11.5 Å². The first kappa shape index (κ1) is 16.3. The summed E-state index contributed by atoms with van der Waals surface area (Å²) >= 11 is 0. The summed E-state index contributed by atoms with van der Waals surface area (Å²) in [6.45, 7) is 1.19. The number of hydrogen-bond donors (Lipinski definition) is 1. The summed E-state index contributed by atoms with van der Waals surface area (Å²) in [5, 5.41) is 11.9. The summed E-state index contributed by atoms with van der Waals surface area (Å²) < 4.78 is 34.3. The Morgan fingerprint density at radius 2 is 2.04 bits per heavy atom. The van der Waals surface area contributed by atoms with Gasteiger partial charge in [0.25, 0.3) is 0 Å². The van der Waals surface area contributed by atoms with Crippen molar-refractivity contribution in [2.24, 2.45) is 0 Å². The predicted octanol–water partition coefficient (Wildman–Crippen LogP) is 3.22. The van der Waals surface area contributed by atoms with Crippen molar-refractivity contribution in [1.29, 1.82) is 5.26 Å². The molecule has 4 nitrogen and oxygen atoms in total. The van der Waals surface area contributed by atoms with Crippen molar-refractivity contribution in [1.82, 2.24) is 10.3 Å². The number of hydrogen-bond acceptors (Lipinski definition) is 4. The third-order valence-corrected chi connectivity index (χ3v) is 4.14. The fraction of sp³-hybridized carbons (Fsp3) is 0.333. The second kappa shape index (κ2) is 6.93. The van der Waals surface area contributed by atoms with Crippen molar-refractivity contribution >= 4 is 0 Å². The molecule has 3 rings (SSSR count).